The summed E-state index contributed by atoms with van der Waals surface area (Å²) >= 11 is 0. The Morgan fingerprint density at radius 1 is 1.12 bits per heavy atom. The molecule has 14 heteroatoms. The van der Waals surface area contributed by atoms with E-state index in [-0.39, 0.29) is 45.1 Å². The second-order valence-electron chi connectivity index (χ2n) is 13.4. The van der Waals surface area contributed by atoms with Crippen molar-refractivity contribution < 1.29 is 38.5 Å². The number of nitrogens with zero attached hydrogens (tertiary/aromatic N) is 3. The maximum absolute atomic E-state index is 14.2. The van der Waals surface area contributed by atoms with Crippen molar-refractivity contribution in [1.29, 1.82) is 0 Å². The van der Waals surface area contributed by atoms with Crippen molar-refractivity contribution in [1.82, 2.24) is 30.4 Å². The molecule has 0 radical (unpaired) electrons. The number of aromatic nitrogens is 2. The van der Waals surface area contributed by atoms with E-state index in [9.17, 15) is 24.3 Å². The van der Waals surface area contributed by atoms with Gasteiger partial charge in [-0.2, -0.15) is 0 Å². The fourth-order valence-corrected chi connectivity index (χ4v) is 6.68. The summed E-state index contributed by atoms with van der Waals surface area (Å²) in [6, 6.07) is 7.67. The minimum Gasteiger partial charge on any atom is -0.441 e. The molecule has 2 aromatic rings. The molecule has 1 aromatic carbocycles. The third-order valence-corrected chi connectivity index (χ3v) is 9.65. The molecule has 2 heterocycles. The number of aliphatic hydroxyl groups is 1. The van der Waals surface area contributed by atoms with Gasteiger partial charge in [0.1, 0.15) is 25.0 Å². The van der Waals surface area contributed by atoms with Gasteiger partial charge in [0.15, 0.2) is 0 Å². The molecule has 14 nitrogen and oxygen atoms in total. The average Bonchev–Trinajstić information content (AvgIpc) is 3.78. The molecular weight excluding hydrogens is 644 g/mol. The summed E-state index contributed by atoms with van der Waals surface area (Å²) in [5.74, 6) is -1.65. The number of hydrogen-bond acceptors (Lipinski definition) is 9. The van der Waals surface area contributed by atoms with Gasteiger partial charge in [-0.05, 0) is 31.2 Å². The summed E-state index contributed by atoms with van der Waals surface area (Å²) in [5, 5.41) is 17.5. The lowest BCUT2D eigenvalue weighted by Gasteiger charge is -2.33. The van der Waals surface area contributed by atoms with Gasteiger partial charge in [-0.1, -0.05) is 62.4 Å². The topological polar surface area (TPSA) is 175 Å². The van der Waals surface area contributed by atoms with E-state index >= 15 is 0 Å². The van der Waals surface area contributed by atoms with Crippen LogP contribution >= 0.6 is 0 Å². The quantitative estimate of drug-likeness (QED) is 0.120. The number of aliphatic hydroxyl groups excluding tert-OH is 1. The van der Waals surface area contributed by atoms with Gasteiger partial charge >= 0.3 is 6.09 Å². The zero-order chi connectivity index (χ0) is 35.9. The minimum atomic E-state index is -1.14. The van der Waals surface area contributed by atoms with Crippen LogP contribution < -0.4 is 10.6 Å². The molecule has 0 spiro atoms. The van der Waals surface area contributed by atoms with Crippen LogP contribution in [0.15, 0.2) is 42.9 Å². The smallest absolute Gasteiger partial charge is 0.410 e. The Morgan fingerprint density at radius 2 is 1.88 bits per heavy atom. The number of methoxy groups -OCH3 is 1. The monoisotopic (exact) mass is 698 g/mol. The second kappa shape index (κ2) is 20.0. The summed E-state index contributed by atoms with van der Waals surface area (Å²) in [6.45, 7) is 3.23. The van der Waals surface area contributed by atoms with Gasteiger partial charge in [0.05, 0.1) is 31.4 Å². The second-order valence-corrected chi connectivity index (χ2v) is 13.4. The lowest BCUT2D eigenvalue weighted by Crippen LogP contribution is -2.57. The highest BCUT2D eigenvalue weighted by molar-refractivity contribution is 5.91. The third kappa shape index (κ3) is 11.8. The standard InChI is InChI=1S/C36H54N6O8/c1-4-42-22-31(50-36(42)47)33(44)29(18-26-13-9-6-10-14-26)39-35(46)30(20-28-21-37-23-38-28)40-34(45)27(17-25-11-7-5-8-12-25)19-32(43)41(2)15-16-49-24-48-3/h5,7-8,11-12,21,23,26-27,29-31,33,44H,4,6,9-10,13-20,22,24H2,1-3H3,(H,37,38)(H,39,46)(H,40,45)/t27-,29-,30-,31-,33+/m0/s1. The van der Waals surface area contributed by atoms with Crippen LogP contribution in [0.2, 0.25) is 0 Å². The Balaban J connectivity index is 1.52. The van der Waals surface area contributed by atoms with Crippen molar-refractivity contribution in [3.8, 4) is 0 Å². The van der Waals surface area contributed by atoms with E-state index in [1.165, 1.54) is 23.2 Å². The van der Waals surface area contributed by atoms with Gasteiger partial charge < -0.3 is 44.7 Å². The summed E-state index contributed by atoms with van der Waals surface area (Å²) in [6.07, 6.45) is 6.78. The SMILES string of the molecule is CCN1C[C@@H]([C@H](O)[C@H](CC2CCCCC2)NC(=O)[C@H](Cc2cnc[nH]2)NC(=O)[C@H](CC(=O)N(C)CCOCOC)Cc2ccccc2)OC1=O. The van der Waals surface area contributed by atoms with E-state index in [1.54, 1.807) is 13.2 Å². The van der Waals surface area contributed by atoms with Gasteiger partial charge in [0, 0.05) is 52.0 Å². The van der Waals surface area contributed by atoms with Crippen molar-refractivity contribution in [3.05, 3.63) is 54.1 Å². The third-order valence-electron chi connectivity index (χ3n) is 9.65. The summed E-state index contributed by atoms with van der Waals surface area (Å²) < 4.78 is 15.8. The van der Waals surface area contributed by atoms with Gasteiger partial charge in [0.25, 0.3) is 0 Å². The summed E-state index contributed by atoms with van der Waals surface area (Å²) in [7, 11) is 3.18. The highest BCUT2D eigenvalue weighted by atomic mass is 16.7. The van der Waals surface area contributed by atoms with Crippen LogP contribution in [0.4, 0.5) is 4.79 Å². The molecule has 1 aliphatic carbocycles. The van der Waals surface area contributed by atoms with Gasteiger partial charge in [0.2, 0.25) is 17.7 Å². The first-order chi connectivity index (χ1) is 24.2. The number of H-pyrrole nitrogens is 1. The van der Waals surface area contributed by atoms with Crippen molar-refractivity contribution in [2.45, 2.75) is 89.0 Å². The first-order valence-electron chi connectivity index (χ1n) is 17.7. The zero-order valence-corrected chi connectivity index (χ0v) is 29.6. The molecule has 2 fully saturated rings. The van der Waals surface area contributed by atoms with E-state index < -0.39 is 48.1 Å². The Morgan fingerprint density at radius 3 is 2.54 bits per heavy atom. The summed E-state index contributed by atoms with van der Waals surface area (Å²) in [4.78, 5) is 64.0. The maximum atomic E-state index is 14.2. The Labute approximate surface area is 294 Å². The molecule has 5 atom stereocenters. The molecule has 1 aromatic heterocycles. The van der Waals surface area contributed by atoms with E-state index in [0.717, 1.165) is 37.7 Å². The van der Waals surface area contributed by atoms with E-state index in [4.69, 9.17) is 14.2 Å². The van der Waals surface area contributed by atoms with Crippen LogP contribution in [-0.2, 0) is 41.4 Å². The molecule has 0 unspecified atom stereocenters. The van der Waals surface area contributed by atoms with Crippen LogP contribution in [0.1, 0.15) is 63.1 Å². The lowest BCUT2D eigenvalue weighted by molar-refractivity contribution is -0.137. The van der Waals surface area contributed by atoms with Crippen molar-refractivity contribution in [2.75, 3.05) is 47.2 Å². The number of imidazole rings is 1. The first-order valence-corrected chi connectivity index (χ1v) is 17.7. The number of nitrogens with one attached hydrogen (secondary N) is 3. The minimum absolute atomic E-state index is 0.0795. The Kier molecular flexibility index (Phi) is 15.5. The number of benzene rings is 1. The van der Waals surface area contributed by atoms with Crippen molar-refractivity contribution >= 4 is 23.8 Å². The van der Waals surface area contributed by atoms with Gasteiger partial charge in [-0.3, -0.25) is 14.4 Å². The largest absolute Gasteiger partial charge is 0.441 e. The fourth-order valence-electron chi connectivity index (χ4n) is 6.68. The number of likely N-dealkylation sites (N-methyl/N-ethyl adjacent to an activating group) is 2. The maximum Gasteiger partial charge on any atom is 0.410 e. The van der Waals surface area contributed by atoms with Gasteiger partial charge in [-0.25, -0.2) is 9.78 Å². The molecule has 1 aliphatic heterocycles. The number of ether oxygens (including phenoxy) is 3. The number of cyclic esters (lactones) is 1. The normalized spacial score (nSPS) is 18.9. The number of carbonyl (C=O) groups excluding carboxylic acids is 4. The molecule has 4 amide bonds. The van der Waals surface area contributed by atoms with Crippen LogP contribution in [0.25, 0.3) is 0 Å². The van der Waals surface area contributed by atoms with Crippen LogP contribution in [-0.4, -0.2) is 120 Å². The molecule has 1 saturated heterocycles. The summed E-state index contributed by atoms with van der Waals surface area (Å²) in [5.41, 5.74) is 1.51. The van der Waals surface area contributed by atoms with Crippen molar-refractivity contribution in [2.24, 2.45) is 11.8 Å². The van der Waals surface area contributed by atoms with Crippen LogP contribution in [0.3, 0.4) is 0 Å². The molecule has 276 valence electrons. The Hall–Kier alpha value is -4.01. The highest BCUT2D eigenvalue weighted by Gasteiger charge is 2.41. The number of rotatable bonds is 20. The molecule has 1 saturated carbocycles. The fraction of sp³-hybridized carbons (Fsp3) is 0.639. The van der Waals surface area contributed by atoms with Crippen molar-refractivity contribution in [3.63, 3.8) is 0 Å². The molecule has 2 aliphatic rings. The first kappa shape index (κ1) is 38.8. The zero-order valence-electron chi connectivity index (χ0n) is 29.6. The average molecular weight is 699 g/mol. The number of hydrogen-bond donors (Lipinski definition) is 4. The van der Waals surface area contributed by atoms with E-state index in [0.29, 0.717) is 31.1 Å². The molecule has 4 N–H and O–H groups in total. The number of carbonyl (C=O) groups is 4. The molecule has 0 bridgehead atoms. The predicted molar refractivity (Wildman–Crippen MR) is 185 cm³/mol. The van der Waals surface area contributed by atoms with Crippen LogP contribution in [0.5, 0.6) is 0 Å². The van der Waals surface area contributed by atoms with E-state index in [2.05, 4.69) is 20.6 Å². The molecule has 50 heavy (non-hydrogen) atoms. The van der Waals surface area contributed by atoms with E-state index in [1.807, 2.05) is 37.3 Å². The number of amides is 4. The lowest BCUT2D eigenvalue weighted by atomic mass is 9.83. The highest BCUT2D eigenvalue weighted by Crippen LogP contribution is 2.29. The van der Waals surface area contributed by atoms with Gasteiger partial charge in [-0.15, -0.1) is 0 Å². The Bertz CT molecular complexity index is 1340. The predicted octanol–water partition coefficient (Wildman–Crippen LogP) is 2.42. The molecule has 4 rings (SSSR count). The number of aromatic amines is 1. The van der Waals surface area contributed by atoms with Crippen LogP contribution in [0, 0.1) is 11.8 Å². The molecular formula is C36H54N6O8.